The van der Waals surface area contributed by atoms with E-state index in [0.29, 0.717) is 33.3 Å². The number of fused-ring (bicyclic) bond motifs is 1. The minimum Gasteiger partial charge on any atom is -0.493 e. The van der Waals surface area contributed by atoms with Crippen LogP contribution in [0.15, 0.2) is 36.4 Å². The van der Waals surface area contributed by atoms with Crippen LogP contribution >= 0.6 is 19.2 Å². The van der Waals surface area contributed by atoms with E-state index in [-0.39, 0.29) is 13.2 Å². The van der Waals surface area contributed by atoms with Crippen LogP contribution in [0, 0.1) is 5.41 Å². The van der Waals surface area contributed by atoms with Gasteiger partial charge < -0.3 is 39.3 Å². The maximum Gasteiger partial charge on any atom is 0.344 e. The number of methoxy groups -OCH3 is 2. The average Bonchev–Trinajstić information content (AvgIpc) is 2.96. The predicted octanol–water partition coefficient (Wildman–Crippen LogP) is 2.84. The van der Waals surface area contributed by atoms with E-state index in [1.54, 1.807) is 50.2 Å². The normalized spacial score (nSPS) is 18.0. The number of hydrogen-bond donors (Lipinski definition) is 4. The Hall–Kier alpha value is -2.66. The van der Waals surface area contributed by atoms with Gasteiger partial charge >= 0.3 is 7.60 Å². The second-order valence-corrected chi connectivity index (χ2v) is 11.7. The summed E-state index contributed by atoms with van der Waals surface area (Å²) in [5.74, 6) is -0.576. The van der Waals surface area contributed by atoms with E-state index >= 15 is 0 Å². The molecular formula is C25H32ClN2O9P. The lowest BCUT2D eigenvalue weighted by Crippen LogP contribution is -2.46. The third-order valence-corrected chi connectivity index (χ3v) is 6.79. The van der Waals surface area contributed by atoms with E-state index in [1.807, 2.05) is 0 Å². The van der Waals surface area contributed by atoms with Gasteiger partial charge in [-0.25, -0.2) is 0 Å². The average molecular weight is 571 g/mol. The molecule has 0 spiro atoms. The molecule has 2 unspecified atom stereocenters. The highest BCUT2D eigenvalue weighted by Crippen LogP contribution is 2.45. The topological polar surface area (TPSA) is 155 Å². The number of carbonyl (C=O) groups excluding carboxylic acids is 2. The van der Waals surface area contributed by atoms with Gasteiger partial charge in [0.05, 0.1) is 20.6 Å². The molecule has 13 heteroatoms. The number of amides is 2. The number of halogens is 1. The number of nitrogens with zero attached hydrogens (tertiary/aromatic N) is 1. The van der Waals surface area contributed by atoms with Gasteiger partial charge in [-0.15, -0.1) is 0 Å². The van der Waals surface area contributed by atoms with E-state index in [2.05, 4.69) is 5.32 Å². The number of para-hydroxylation sites is 1. The van der Waals surface area contributed by atoms with Crippen LogP contribution in [0.1, 0.15) is 37.5 Å². The van der Waals surface area contributed by atoms with Crippen molar-refractivity contribution in [2.24, 2.45) is 5.41 Å². The number of carbonyl (C=O) groups is 2. The molecule has 0 bridgehead atoms. The van der Waals surface area contributed by atoms with Crippen LogP contribution in [0.4, 0.5) is 5.69 Å². The summed E-state index contributed by atoms with van der Waals surface area (Å²) in [4.78, 5) is 46.2. The molecule has 2 aromatic rings. The molecule has 2 aromatic carbocycles. The van der Waals surface area contributed by atoms with Crippen molar-refractivity contribution in [3.63, 3.8) is 0 Å². The van der Waals surface area contributed by atoms with E-state index in [4.69, 9.17) is 35.6 Å². The first kappa shape index (κ1) is 29.9. The molecule has 2 atom stereocenters. The summed E-state index contributed by atoms with van der Waals surface area (Å²) >= 11 is 6.37. The highest BCUT2D eigenvalue weighted by Gasteiger charge is 2.40. The van der Waals surface area contributed by atoms with Gasteiger partial charge in [0.2, 0.25) is 5.91 Å². The Bertz CT molecular complexity index is 1230. The van der Waals surface area contributed by atoms with Crippen molar-refractivity contribution >= 4 is 36.7 Å². The van der Waals surface area contributed by atoms with Gasteiger partial charge in [-0.2, -0.15) is 0 Å². The van der Waals surface area contributed by atoms with Gasteiger partial charge in [-0.05, 0) is 24.3 Å². The summed E-state index contributed by atoms with van der Waals surface area (Å²) in [6.45, 7) is 3.43. The third-order valence-electron chi connectivity index (χ3n) is 5.99. The van der Waals surface area contributed by atoms with E-state index < -0.39 is 49.7 Å². The van der Waals surface area contributed by atoms with Gasteiger partial charge in [0.25, 0.3) is 5.91 Å². The van der Waals surface area contributed by atoms with Gasteiger partial charge in [-0.1, -0.05) is 37.6 Å². The molecule has 0 saturated heterocycles. The number of rotatable bonds is 10. The fraction of sp³-hybridized carbons (Fsp3) is 0.440. The molecule has 38 heavy (non-hydrogen) atoms. The molecule has 0 saturated carbocycles. The summed E-state index contributed by atoms with van der Waals surface area (Å²) in [5, 5.41) is 12.5. The van der Waals surface area contributed by atoms with Crippen LogP contribution in [0.3, 0.4) is 0 Å². The smallest absolute Gasteiger partial charge is 0.344 e. The van der Waals surface area contributed by atoms with Crippen LogP contribution in [-0.2, 0) is 18.9 Å². The summed E-state index contributed by atoms with van der Waals surface area (Å²) in [6, 6.07) is 10.1. The molecule has 1 aliphatic rings. The zero-order valence-electron chi connectivity index (χ0n) is 21.5. The molecule has 0 aromatic heterocycles. The van der Waals surface area contributed by atoms with Gasteiger partial charge in [-0.3, -0.25) is 14.2 Å². The maximum atomic E-state index is 13.9. The van der Waals surface area contributed by atoms with Crippen molar-refractivity contribution < 1.29 is 43.3 Å². The highest BCUT2D eigenvalue weighted by molar-refractivity contribution is 7.51. The second kappa shape index (κ2) is 12.0. The van der Waals surface area contributed by atoms with Crippen LogP contribution < -0.4 is 19.7 Å². The first-order valence-electron chi connectivity index (χ1n) is 11.7. The Morgan fingerprint density at radius 2 is 1.89 bits per heavy atom. The molecule has 0 fully saturated rings. The van der Waals surface area contributed by atoms with E-state index in [0.717, 1.165) is 0 Å². The lowest BCUT2D eigenvalue weighted by Gasteiger charge is -2.32. The third kappa shape index (κ3) is 7.05. The number of ether oxygens (including phenoxy) is 3. The largest absolute Gasteiger partial charge is 0.493 e. The quantitative estimate of drug-likeness (QED) is 0.316. The van der Waals surface area contributed by atoms with Crippen molar-refractivity contribution in [1.82, 2.24) is 5.32 Å². The minimum atomic E-state index is -4.51. The van der Waals surface area contributed by atoms with Crippen molar-refractivity contribution in [1.29, 1.82) is 0 Å². The molecule has 4 N–H and O–H groups in total. The van der Waals surface area contributed by atoms with Crippen LogP contribution in [0.2, 0.25) is 5.02 Å². The van der Waals surface area contributed by atoms with Crippen molar-refractivity contribution in [2.75, 3.05) is 38.6 Å². The van der Waals surface area contributed by atoms with Crippen LogP contribution in [-0.4, -0.2) is 66.5 Å². The van der Waals surface area contributed by atoms with Gasteiger partial charge in [0.15, 0.2) is 11.5 Å². The SMILES string of the molecule is COc1cccc(C2OC(CC(=O)NCP(=O)(O)O)C(=O)N(CC(C)(C)CO)c3ccc(Cl)cc32)c1OC. The minimum absolute atomic E-state index is 0.0862. The van der Waals surface area contributed by atoms with E-state index in [9.17, 15) is 19.3 Å². The number of benzene rings is 2. The van der Waals surface area contributed by atoms with Crippen molar-refractivity contribution in [3.05, 3.63) is 52.5 Å². The molecule has 3 rings (SSSR count). The summed E-state index contributed by atoms with van der Waals surface area (Å²) in [6.07, 6.45) is -3.69. The predicted molar refractivity (Wildman–Crippen MR) is 141 cm³/mol. The zero-order chi connectivity index (χ0) is 28.3. The Labute approximate surface area is 225 Å². The first-order valence-corrected chi connectivity index (χ1v) is 13.9. The first-order chi connectivity index (χ1) is 17.8. The number of aliphatic hydroxyl groups is 1. The lowest BCUT2D eigenvalue weighted by atomic mass is 9.92. The van der Waals surface area contributed by atoms with Crippen molar-refractivity contribution in [2.45, 2.75) is 32.5 Å². The fourth-order valence-electron chi connectivity index (χ4n) is 4.14. The Kier molecular flexibility index (Phi) is 9.46. The number of aliphatic hydroxyl groups excluding tert-OH is 1. The summed E-state index contributed by atoms with van der Waals surface area (Å²) in [7, 11) is -1.57. The summed E-state index contributed by atoms with van der Waals surface area (Å²) in [5.41, 5.74) is 0.776. The number of hydrogen-bond acceptors (Lipinski definition) is 7. The molecule has 11 nitrogen and oxygen atoms in total. The Morgan fingerprint density at radius 3 is 2.50 bits per heavy atom. The van der Waals surface area contributed by atoms with E-state index in [1.165, 1.54) is 19.1 Å². The lowest BCUT2D eigenvalue weighted by molar-refractivity contribution is -0.138. The standard InChI is InChI=1S/C25H32ClN2O9P/c1-25(2,13-29)12-28-18-9-8-15(26)10-17(18)22(16-6-5-7-19(35-3)23(16)36-4)37-20(24(28)31)11-21(30)27-14-38(32,33)34/h5-10,20,22,29H,11-14H2,1-4H3,(H,27,30)(H2,32,33,34). The van der Waals surface area contributed by atoms with Crippen LogP contribution in [0.5, 0.6) is 11.5 Å². The molecule has 1 heterocycles. The monoisotopic (exact) mass is 570 g/mol. The summed E-state index contributed by atoms with van der Waals surface area (Å²) < 4.78 is 28.6. The Balaban J connectivity index is 2.17. The molecule has 208 valence electrons. The van der Waals surface area contributed by atoms with Gasteiger partial charge in [0.1, 0.15) is 18.5 Å². The highest BCUT2D eigenvalue weighted by atomic mass is 35.5. The van der Waals surface area contributed by atoms with Gasteiger partial charge in [0, 0.05) is 40.4 Å². The second-order valence-electron chi connectivity index (χ2n) is 9.66. The van der Waals surface area contributed by atoms with Crippen LogP contribution in [0.25, 0.3) is 0 Å². The molecule has 1 aliphatic heterocycles. The maximum absolute atomic E-state index is 13.9. The Morgan fingerprint density at radius 1 is 1.18 bits per heavy atom. The van der Waals surface area contributed by atoms with Crippen molar-refractivity contribution in [3.8, 4) is 11.5 Å². The number of anilines is 1. The number of nitrogens with one attached hydrogen (secondary N) is 1. The molecule has 2 amide bonds. The molecular weight excluding hydrogens is 539 g/mol. The molecule has 0 radical (unpaired) electrons. The molecule has 0 aliphatic carbocycles. The zero-order valence-corrected chi connectivity index (χ0v) is 23.2. The fourth-order valence-corrected chi connectivity index (χ4v) is 4.70.